The van der Waals surface area contributed by atoms with Crippen LogP contribution in [0, 0.1) is 13.8 Å². The van der Waals surface area contributed by atoms with E-state index in [0.29, 0.717) is 19.1 Å². The summed E-state index contributed by atoms with van der Waals surface area (Å²) < 4.78 is 12.0. The zero-order valence-electron chi connectivity index (χ0n) is 18.8. The van der Waals surface area contributed by atoms with E-state index in [1.54, 1.807) is 0 Å². The zero-order valence-corrected chi connectivity index (χ0v) is 18.8. The molecular weight excluding hydrogens is 410 g/mol. The molecule has 170 valence electrons. The van der Waals surface area contributed by atoms with Crippen LogP contribution in [0.5, 0.6) is 11.5 Å². The van der Waals surface area contributed by atoms with Gasteiger partial charge in [0.25, 0.3) is 0 Å². The van der Waals surface area contributed by atoms with Gasteiger partial charge in [0.1, 0.15) is 17.0 Å². The SMILES string of the molecule is Cc1ccc(C(C)C)c(OCCCOc2cccc3ccc(C)nc23)c1.O=C(O)C(=O)O. The van der Waals surface area contributed by atoms with Crippen molar-refractivity contribution in [2.24, 2.45) is 0 Å². The third kappa shape index (κ3) is 7.27. The Bertz CT molecular complexity index is 1070. The molecule has 0 fully saturated rings. The number of aryl methyl sites for hydroxylation is 2. The fraction of sp³-hybridized carbons (Fsp3) is 0.320. The summed E-state index contributed by atoms with van der Waals surface area (Å²) in [5.74, 6) is -1.37. The lowest BCUT2D eigenvalue weighted by Gasteiger charge is -2.15. The van der Waals surface area contributed by atoms with Crippen LogP contribution in [0.4, 0.5) is 0 Å². The number of para-hydroxylation sites is 1. The van der Waals surface area contributed by atoms with E-state index in [4.69, 9.17) is 29.3 Å². The smallest absolute Gasteiger partial charge is 0.414 e. The van der Waals surface area contributed by atoms with Gasteiger partial charge in [-0.15, -0.1) is 0 Å². The molecule has 1 aromatic heterocycles. The predicted molar refractivity (Wildman–Crippen MR) is 123 cm³/mol. The molecule has 0 aliphatic heterocycles. The van der Waals surface area contributed by atoms with Crippen LogP contribution in [0.25, 0.3) is 10.9 Å². The number of hydrogen-bond donors (Lipinski definition) is 2. The Balaban J connectivity index is 0.000000534. The number of pyridine rings is 1. The Morgan fingerprint density at radius 1 is 0.906 bits per heavy atom. The van der Waals surface area contributed by atoms with E-state index >= 15 is 0 Å². The maximum atomic E-state index is 9.10. The average molecular weight is 440 g/mol. The van der Waals surface area contributed by atoms with Gasteiger partial charge in [-0.2, -0.15) is 0 Å². The van der Waals surface area contributed by atoms with Crippen molar-refractivity contribution in [3.05, 3.63) is 65.4 Å². The van der Waals surface area contributed by atoms with Gasteiger partial charge >= 0.3 is 11.9 Å². The summed E-state index contributed by atoms with van der Waals surface area (Å²) in [5.41, 5.74) is 4.40. The number of aromatic nitrogens is 1. The molecule has 3 aromatic rings. The third-order valence-electron chi connectivity index (χ3n) is 4.60. The van der Waals surface area contributed by atoms with Gasteiger partial charge in [0.2, 0.25) is 0 Å². The molecule has 7 heteroatoms. The van der Waals surface area contributed by atoms with Gasteiger partial charge in [0.05, 0.1) is 13.2 Å². The van der Waals surface area contributed by atoms with Crippen molar-refractivity contribution in [1.29, 1.82) is 0 Å². The Morgan fingerprint density at radius 3 is 2.19 bits per heavy atom. The maximum Gasteiger partial charge on any atom is 0.414 e. The van der Waals surface area contributed by atoms with E-state index in [1.807, 2.05) is 25.1 Å². The van der Waals surface area contributed by atoms with E-state index in [2.05, 4.69) is 56.1 Å². The predicted octanol–water partition coefficient (Wildman–Crippen LogP) is 4.98. The van der Waals surface area contributed by atoms with Gasteiger partial charge in [0, 0.05) is 17.5 Å². The van der Waals surface area contributed by atoms with Crippen LogP contribution in [-0.2, 0) is 9.59 Å². The Labute approximate surface area is 187 Å². The summed E-state index contributed by atoms with van der Waals surface area (Å²) in [4.78, 5) is 22.8. The van der Waals surface area contributed by atoms with Crippen molar-refractivity contribution in [2.45, 2.75) is 40.0 Å². The first-order valence-corrected chi connectivity index (χ1v) is 10.4. The van der Waals surface area contributed by atoms with E-state index in [0.717, 1.165) is 34.5 Å². The van der Waals surface area contributed by atoms with Gasteiger partial charge in [-0.05, 0) is 49.1 Å². The Morgan fingerprint density at radius 2 is 1.56 bits per heavy atom. The van der Waals surface area contributed by atoms with E-state index < -0.39 is 11.9 Å². The molecular formula is C25H29NO6. The highest BCUT2D eigenvalue weighted by atomic mass is 16.5. The number of benzene rings is 2. The quantitative estimate of drug-likeness (QED) is 0.395. The lowest BCUT2D eigenvalue weighted by Crippen LogP contribution is -2.09. The Hall–Kier alpha value is -3.61. The van der Waals surface area contributed by atoms with Crippen LogP contribution >= 0.6 is 0 Å². The lowest BCUT2D eigenvalue weighted by molar-refractivity contribution is -0.159. The molecule has 1 heterocycles. The lowest BCUT2D eigenvalue weighted by atomic mass is 10.0. The van der Waals surface area contributed by atoms with Crippen molar-refractivity contribution in [2.75, 3.05) is 13.2 Å². The molecule has 7 nitrogen and oxygen atoms in total. The number of carbonyl (C=O) groups is 2. The topological polar surface area (TPSA) is 106 Å². The van der Waals surface area contributed by atoms with Crippen molar-refractivity contribution in [3.63, 3.8) is 0 Å². The fourth-order valence-electron chi connectivity index (χ4n) is 3.00. The molecule has 0 unspecified atom stereocenters. The molecule has 2 N–H and O–H groups in total. The normalized spacial score (nSPS) is 10.4. The van der Waals surface area contributed by atoms with E-state index in [1.165, 1.54) is 11.1 Å². The maximum absolute atomic E-state index is 9.10. The average Bonchev–Trinajstić information content (AvgIpc) is 2.74. The van der Waals surface area contributed by atoms with Crippen LogP contribution in [0.15, 0.2) is 48.5 Å². The van der Waals surface area contributed by atoms with Gasteiger partial charge in [0.15, 0.2) is 0 Å². The van der Waals surface area contributed by atoms with E-state index in [9.17, 15) is 0 Å². The number of ether oxygens (including phenoxy) is 2. The standard InChI is InChI=1S/C23H27NO2.C2H2O4/c1-16(2)20-12-9-17(3)15-22(20)26-14-6-13-25-21-8-5-7-19-11-10-18(4)24-23(19)21;3-1(4)2(5)6/h5,7-12,15-16H,6,13-14H2,1-4H3;(H,3,4)(H,5,6). The van der Waals surface area contributed by atoms with Crippen molar-refractivity contribution < 1.29 is 29.3 Å². The monoisotopic (exact) mass is 439 g/mol. The van der Waals surface area contributed by atoms with Gasteiger partial charge < -0.3 is 19.7 Å². The second-order valence-electron chi connectivity index (χ2n) is 7.64. The van der Waals surface area contributed by atoms with Crippen LogP contribution < -0.4 is 9.47 Å². The highest BCUT2D eigenvalue weighted by Crippen LogP contribution is 2.28. The summed E-state index contributed by atoms with van der Waals surface area (Å²) in [6.07, 6.45) is 0.827. The number of nitrogens with zero attached hydrogens (tertiary/aromatic N) is 1. The molecule has 0 amide bonds. The summed E-state index contributed by atoms with van der Waals surface area (Å²) in [5, 5.41) is 15.9. The second-order valence-corrected chi connectivity index (χ2v) is 7.64. The molecule has 0 spiro atoms. The molecule has 0 saturated carbocycles. The minimum absolute atomic E-state index is 0.451. The fourth-order valence-corrected chi connectivity index (χ4v) is 3.00. The third-order valence-corrected chi connectivity index (χ3v) is 4.60. The second kappa shape index (κ2) is 11.7. The van der Waals surface area contributed by atoms with Crippen LogP contribution in [0.3, 0.4) is 0 Å². The molecule has 0 radical (unpaired) electrons. The van der Waals surface area contributed by atoms with Crippen molar-refractivity contribution in [1.82, 2.24) is 4.98 Å². The summed E-state index contributed by atoms with van der Waals surface area (Å²) >= 11 is 0. The molecule has 2 aromatic carbocycles. The van der Waals surface area contributed by atoms with Gasteiger partial charge in [-0.1, -0.05) is 44.2 Å². The van der Waals surface area contributed by atoms with Crippen molar-refractivity contribution >= 4 is 22.8 Å². The molecule has 0 aliphatic rings. The van der Waals surface area contributed by atoms with Gasteiger partial charge in [-0.25, -0.2) is 14.6 Å². The number of carboxylic acid groups (broad SMARTS) is 2. The molecule has 3 rings (SSSR count). The highest BCUT2D eigenvalue weighted by molar-refractivity contribution is 6.27. The molecule has 0 atom stereocenters. The molecule has 32 heavy (non-hydrogen) atoms. The highest BCUT2D eigenvalue weighted by Gasteiger charge is 2.08. The molecule has 0 bridgehead atoms. The van der Waals surface area contributed by atoms with Crippen LogP contribution in [-0.4, -0.2) is 40.3 Å². The first-order chi connectivity index (χ1) is 15.2. The molecule has 0 saturated heterocycles. The minimum Gasteiger partial charge on any atom is -0.493 e. The van der Waals surface area contributed by atoms with Crippen molar-refractivity contribution in [3.8, 4) is 11.5 Å². The first-order valence-electron chi connectivity index (χ1n) is 10.4. The number of carboxylic acids is 2. The summed E-state index contributed by atoms with van der Waals surface area (Å²) in [6.45, 7) is 9.72. The number of rotatable bonds is 7. The largest absolute Gasteiger partial charge is 0.493 e. The summed E-state index contributed by atoms with van der Waals surface area (Å²) in [7, 11) is 0. The van der Waals surface area contributed by atoms with Crippen LogP contribution in [0.2, 0.25) is 0 Å². The number of hydrogen-bond acceptors (Lipinski definition) is 5. The zero-order chi connectivity index (χ0) is 23.7. The number of aliphatic carboxylic acids is 2. The van der Waals surface area contributed by atoms with Gasteiger partial charge in [-0.3, -0.25) is 0 Å². The van der Waals surface area contributed by atoms with Crippen LogP contribution in [0.1, 0.15) is 43.0 Å². The Kier molecular flexibility index (Phi) is 9.01. The minimum atomic E-state index is -1.82. The summed E-state index contributed by atoms with van der Waals surface area (Å²) in [6, 6.07) is 16.6. The van der Waals surface area contributed by atoms with E-state index in [-0.39, 0.29) is 0 Å². The molecule has 0 aliphatic carbocycles. The number of fused-ring (bicyclic) bond motifs is 1. The first kappa shape index (κ1) is 24.7.